The molecule has 0 aromatic carbocycles. The number of hydrogen-bond donors (Lipinski definition) is 0. The number of fused-ring (bicyclic) bond motifs is 1. The van der Waals surface area contributed by atoms with Crippen LogP contribution in [0.25, 0.3) is 0 Å². The Bertz CT molecular complexity index is 206. The minimum Gasteiger partial charge on any atom is -0.291 e. The monoisotopic (exact) mass is 164 g/mol. The molecule has 1 aliphatic carbocycles. The molecule has 0 spiro atoms. The van der Waals surface area contributed by atoms with Crippen LogP contribution in [-0.4, -0.2) is 24.5 Å². The van der Waals surface area contributed by atoms with E-state index in [1.807, 2.05) is 0 Å². The first-order chi connectivity index (χ1) is 5.83. The smallest absolute Gasteiger partial charge is 0.101 e. The average molecular weight is 164 g/mol. The summed E-state index contributed by atoms with van der Waals surface area (Å²) in [5.74, 6) is 1.52. The van der Waals surface area contributed by atoms with Gasteiger partial charge in [-0.1, -0.05) is 12.8 Å². The van der Waals surface area contributed by atoms with Gasteiger partial charge in [-0.25, -0.2) is 0 Å². The van der Waals surface area contributed by atoms with Gasteiger partial charge in [0.15, 0.2) is 0 Å². The molecular weight excluding hydrogens is 148 g/mol. The second-order valence-corrected chi connectivity index (χ2v) is 4.22. The van der Waals surface area contributed by atoms with E-state index in [0.717, 1.165) is 12.5 Å². The molecule has 0 aromatic rings. The van der Waals surface area contributed by atoms with Crippen LogP contribution in [0.4, 0.5) is 0 Å². The van der Waals surface area contributed by atoms with Gasteiger partial charge < -0.3 is 0 Å². The molecule has 12 heavy (non-hydrogen) atoms. The van der Waals surface area contributed by atoms with Gasteiger partial charge in [0.05, 0.1) is 6.07 Å². The van der Waals surface area contributed by atoms with Crippen molar-refractivity contribution in [3.8, 4) is 6.07 Å². The molecule has 0 unspecified atom stereocenters. The van der Waals surface area contributed by atoms with Crippen molar-refractivity contribution in [3.05, 3.63) is 0 Å². The first kappa shape index (κ1) is 8.07. The van der Waals surface area contributed by atoms with Gasteiger partial charge in [-0.05, 0) is 31.7 Å². The molecule has 2 heteroatoms. The second-order valence-electron chi connectivity index (χ2n) is 4.22. The topological polar surface area (TPSA) is 27.0 Å². The molecule has 0 aromatic heterocycles. The van der Waals surface area contributed by atoms with Crippen LogP contribution in [0, 0.1) is 23.2 Å². The van der Waals surface area contributed by atoms with Crippen molar-refractivity contribution in [2.24, 2.45) is 11.8 Å². The van der Waals surface area contributed by atoms with Crippen molar-refractivity contribution in [3.63, 3.8) is 0 Å². The molecule has 2 aliphatic rings. The number of nitrogens with zero attached hydrogens (tertiary/aromatic N) is 2. The van der Waals surface area contributed by atoms with Crippen molar-refractivity contribution < 1.29 is 0 Å². The predicted molar refractivity (Wildman–Crippen MR) is 47.5 cm³/mol. The fourth-order valence-electron chi connectivity index (χ4n) is 2.88. The Balaban J connectivity index is 2.11. The number of likely N-dealkylation sites (tertiary alicyclic amines) is 1. The molecule has 0 amide bonds. The van der Waals surface area contributed by atoms with Crippen LogP contribution in [0.15, 0.2) is 0 Å². The van der Waals surface area contributed by atoms with E-state index in [2.05, 4.69) is 18.0 Å². The van der Waals surface area contributed by atoms with Crippen molar-refractivity contribution in [2.45, 2.75) is 31.7 Å². The molecule has 1 saturated heterocycles. The molecule has 1 aliphatic heterocycles. The number of rotatable bonds is 0. The second kappa shape index (κ2) is 3.06. The Morgan fingerprint density at radius 3 is 2.83 bits per heavy atom. The number of hydrogen-bond acceptors (Lipinski definition) is 2. The molecule has 1 saturated carbocycles. The van der Waals surface area contributed by atoms with E-state index in [-0.39, 0.29) is 6.04 Å². The van der Waals surface area contributed by atoms with Crippen LogP contribution < -0.4 is 0 Å². The van der Waals surface area contributed by atoms with Gasteiger partial charge in [0, 0.05) is 6.54 Å². The fraction of sp³-hybridized carbons (Fsp3) is 0.900. The summed E-state index contributed by atoms with van der Waals surface area (Å²) in [7, 11) is 2.09. The zero-order valence-corrected chi connectivity index (χ0v) is 7.66. The molecule has 66 valence electrons. The molecule has 2 fully saturated rings. The molecule has 0 radical (unpaired) electrons. The number of nitriles is 1. The Morgan fingerprint density at radius 2 is 2.08 bits per heavy atom. The first-order valence-electron chi connectivity index (χ1n) is 4.93. The summed E-state index contributed by atoms with van der Waals surface area (Å²) in [6, 6.07) is 2.66. The summed E-state index contributed by atoms with van der Waals surface area (Å²) >= 11 is 0. The SMILES string of the molecule is CN1C[C@@H]2CCCC[C@@H]2[C@@H]1C#N. The van der Waals surface area contributed by atoms with Gasteiger partial charge in [0.2, 0.25) is 0 Å². The van der Waals surface area contributed by atoms with Gasteiger partial charge in [-0.15, -0.1) is 0 Å². The first-order valence-corrected chi connectivity index (χ1v) is 4.93. The van der Waals surface area contributed by atoms with Crippen LogP contribution in [0.1, 0.15) is 25.7 Å². The van der Waals surface area contributed by atoms with E-state index in [1.54, 1.807) is 0 Å². The van der Waals surface area contributed by atoms with E-state index < -0.39 is 0 Å². The third-order valence-electron chi connectivity index (χ3n) is 3.50. The highest BCUT2D eigenvalue weighted by atomic mass is 15.2. The van der Waals surface area contributed by atoms with Crippen LogP contribution >= 0.6 is 0 Å². The summed E-state index contributed by atoms with van der Waals surface area (Å²) in [6.07, 6.45) is 5.36. The van der Waals surface area contributed by atoms with E-state index in [0.29, 0.717) is 5.92 Å². The van der Waals surface area contributed by atoms with Crippen LogP contribution in [-0.2, 0) is 0 Å². The highest BCUT2D eigenvalue weighted by Gasteiger charge is 2.40. The lowest BCUT2D eigenvalue weighted by Gasteiger charge is -2.25. The zero-order chi connectivity index (χ0) is 8.55. The van der Waals surface area contributed by atoms with Gasteiger partial charge in [0.25, 0.3) is 0 Å². The maximum absolute atomic E-state index is 8.98. The Labute approximate surface area is 74.2 Å². The summed E-state index contributed by atoms with van der Waals surface area (Å²) < 4.78 is 0. The van der Waals surface area contributed by atoms with E-state index >= 15 is 0 Å². The minimum absolute atomic E-state index is 0.218. The predicted octanol–water partition coefficient (Wildman–Crippen LogP) is 1.63. The third kappa shape index (κ3) is 1.13. The minimum atomic E-state index is 0.218. The van der Waals surface area contributed by atoms with Gasteiger partial charge >= 0.3 is 0 Å². The molecule has 0 N–H and O–H groups in total. The molecule has 1 heterocycles. The van der Waals surface area contributed by atoms with Crippen molar-refractivity contribution >= 4 is 0 Å². The summed E-state index contributed by atoms with van der Waals surface area (Å²) in [5.41, 5.74) is 0. The third-order valence-corrected chi connectivity index (χ3v) is 3.50. The van der Waals surface area contributed by atoms with E-state index in [4.69, 9.17) is 5.26 Å². The normalized spacial score (nSPS) is 42.2. The summed E-state index contributed by atoms with van der Waals surface area (Å²) in [5, 5.41) is 8.98. The van der Waals surface area contributed by atoms with Crippen LogP contribution in [0.5, 0.6) is 0 Å². The maximum atomic E-state index is 8.98. The summed E-state index contributed by atoms with van der Waals surface area (Å²) in [4.78, 5) is 2.24. The lowest BCUT2D eigenvalue weighted by molar-refractivity contribution is 0.275. The molecular formula is C10H16N2. The summed E-state index contributed by atoms with van der Waals surface area (Å²) in [6.45, 7) is 1.16. The Kier molecular flexibility index (Phi) is 2.06. The quantitative estimate of drug-likeness (QED) is 0.544. The molecule has 0 bridgehead atoms. The zero-order valence-electron chi connectivity index (χ0n) is 7.66. The average Bonchev–Trinajstić information content (AvgIpc) is 2.40. The Morgan fingerprint density at radius 1 is 1.33 bits per heavy atom. The lowest BCUT2D eigenvalue weighted by Crippen LogP contribution is -2.28. The van der Waals surface area contributed by atoms with E-state index in [9.17, 15) is 0 Å². The highest BCUT2D eigenvalue weighted by molar-refractivity contribution is 5.04. The molecule has 2 nitrogen and oxygen atoms in total. The van der Waals surface area contributed by atoms with Crippen molar-refractivity contribution in [1.82, 2.24) is 4.90 Å². The van der Waals surface area contributed by atoms with Gasteiger partial charge in [0.1, 0.15) is 6.04 Å². The lowest BCUT2D eigenvalue weighted by atomic mass is 9.79. The standard InChI is InChI=1S/C10H16N2/c1-12-7-8-4-2-3-5-9(8)10(12)6-11/h8-10H,2-5,7H2,1H3/t8-,9-,10-/m0/s1. The van der Waals surface area contributed by atoms with Crippen molar-refractivity contribution in [1.29, 1.82) is 5.26 Å². The Hall–Kier alpha value is -0.550. The molecule has 2 rings (SSSR count). The van der Waals surface area contributed by atoms with Crippen LogP contribution in [0.2, 0.25) is 0 Å². The van der Waals surface area contributed by atoms with Crippen molar-refractivity contribution in [2.75, 3.05) is 13.6 Å². The van der Waals surface area contributed by atoms with Gasteiger partial charge in [-0.2, -0.15) is 5.26 Å². The maximum Gasteiger partial charge on any atom is 0.101 e. The van der Waals surface area contributed by atoms with Gasteiger partial charge in [-0.3, -0.25) is 4.90 Å². The largest absolute Gasteiger partial charge is 0.291 e. The fourth-order valence-corrected chi connectivity index (χ4v) is 2.88. The van der Waals surface area contributed by atoms with Crippen LogP contribution in [0.3, 0.4) is 0 Å². The molecule has 3 atom stereocenters. The van der Waals surface area contributed by atoms with E-state index in [1.165, 1.54) is 25.7 Å². The highest BCUT2D eigenvalue weighted by Crippen LogP contribution is 2.39.